The third-order valence-electron chi connectivity index (χ3n) is 5.28. The largest absolute Gasteiger partial charge is 0.456 e. The van der Waals surface area contributed by atoms with E-state index in [1.807, 2.05) is 51.2 Å². The monoisotopic (exact) mass is 391 g/mol. The molecule has 1 saturated heterocycles. The Kier molecular flexibility index (Phi) is 5.33. The minimum atomic E-state index is -0.472. The van der Waals surface area contributed by atoms with Gasteiger partial charge in [0.05, 0.1) is 5.56 Å². The van der Waals surface area contributed by atoms with Crippen LogP contribution >= 0.6 is 0 Å². The molecule has 3 aromatic rings. The van der Waals surface area contributed by atoms with Crippen molar-refractivity contribution in [2.75, 3.05) is 31.1 Å². The molecule has 0 spiro atoms. The second kappa shape index (κ2) is 7.91. The number of H-pyrrole nitrogens is 1. The number of anilines is 1. The fraction of sp³-hybridized carbons (Fsp3) is 0.375. The van der Waals surface area contributed by atoms with Crippen LogP contribution < -0.4 is 4.90 Å². The van der Waals surface area contributed by atoms with E-state index in [0.717, 1.165) is 32.7 Å². The molecular weight excluding hydrogens is 362 g/mol. The minimum Gasteiger partial charge on any atom is -0.456 e. The molecular formula is C24H29N3O2. The molecule has 5 heteroatoms. The minimum absolute atomic E-state index is 0.267. The first-order valence-electron chi connectivity index (χ1n) is 10.2. The van der Waals surface area contributed by atoms with E-state index in [9.17, 15) is 4.79 Å². The topological polar surface area (TPSA) is 48.6 Å². The van der Waals surface area contributed by atoms with Crippen LogP contribution in [0.5, 0.6) is 0 Å². The van der Waals surface area contributed by atoms with E-state index in [0.29, 0.717) is 5.56 Å². The lowest BCUT2D eigenvalue weighted by Crippen LogP contribution is -2.46. The quantitative estimate of drug-likeness (QED) is 0.668. The van der Waals surface area contributed by atoms with E-state index in [1.165, 1.54) is 22.2 Å². The fourth-order valence-corrected chi connectivity index (χ4v) is 3.83. The summed E-state index contributed by atoms with van der Waals surface area (Å²) in [6.07, 6.45) is 2.01. The summed E-state index contributed by atoms with van der Waals surface area (Å²) in [5.74, 6) is -0.267. The Hall–Kier alpha value is -2.79. The maximum atomic E-state index is 12.2. The highest BCUT2D eigenvalue weighted by Crippen LogP contribution is 2.27. The number of hydrogen-bond acceptors (Lipinski definition) is 4. The summed E-state index contributed by atoms with van der Waals surface area (Å²) in [5.41, 5.74) is 3.85. The van der Waals surface area contributed by atoms with Crippen LogP contribution in [0.1, 0.15) is 36.7 Å². The van der Waals surface area contributed by atoms with Crippen molar-refractivity contribution < 1.29 is 9.53 Å². The van der Waals surface area contributed by atoms with Gasteiger partial charge in [0, 0.05) is 55.5 Å². The van der Waals surface area contributed by atoms with Gasteiger partial charge < -0.3 is 14.6 Å². The summed E-state index contributed by atoms with van der Waals surface area (Å²) < 4.78 is 5.44. The molecule has 29 heavy (non-hydrogen) atoms. The predicted octanol–water partition coefficient (Wildman–Crippen LogP) is 4.45. The van der Waals surface area contributed by atoms with Gasteiger partial charge in [-0.1, -0.05) is 18.2 Å². The Morgan fingerprint density at radius 2 is 1.72 bits per heavy atom. The van der Waals surface area contributed by atoms with Crippen LogP contribution in [0, 0.1) is 0 Å². The summed E-state index contributed by atoms with van der Waals surface area (Å²) in [6, 6.07) is 16.4. The van der Waals surface area contributed by atoms with Crippen molar-refractivity contribution in [2.24, 2.45) is 0 Å². The molecule has 1 aromatic heterocycles. The van der Waals surface area contributed by atoms with Gasteiger partial charge >= 0.3 is 5.97 Å². The normalized spacial score (nSPS) is 15.6. The van der Waals surface area contributed by atoms with Crippen LogP contribution in [-0.2, 0) is 11.3 Å². The molecule has 0 aliphatic carbocycles. The van der Waals surface area contributed by atoms with E-state index in [1.54, 1.807) is 0 Å². The molecule has 0 amide bonds. The first kappa shape index (κ1) is 19.5. The van der Waals surface area contributed by atoms with Crippen LogP contribution in [0.2, 0.25) is 0 Å². The first-order valence-corrected chi connectivity index (χ1v) is 10.2. The first-order chi connectivity index (χ1) is 13.9. The Morgan fingerprint density at radius 1 is 1.00 bits per heavy atom. The number of ether oxygens (including phenoxy) is 1. The molecule has 0 unspecified atom stereocenters. The summed E-state index contributed by atoms with van der Waals surface area (Å²) in [4.78, 5) is 20.4. The van der Waals surface area contributed by atoms with E-state index >= 15 is 0 Å². The van der Waals surface area contributed by atoms with Crippen LogP contribution in [-0.4, -0.2) is 47.6 Å². The zero-order chi connectivity index (χ0) is 20.4. The number of hydrogen-bond donors (Lipinski definition) is 1. The second-order valence-corrected chi connectivity index (χ2v) is 8.68. The van der Waals surface area contributed by atoms with Crippen molar-refractivity contribution in [2.45, 2.75) is 32.9 Å². The zero-order valence-corrected chi connectivity index (χ0v) is 17.4. The standard InChI is InChI=1S/C24H29N3O2/c1-24(2,3)29-23(28)19-9-7-18(8-10-19)17-26-13-15-27(16-14-26)22-6-4-5-21-20(22)11-12-25-21/h4-12,25H,13-17H2,1-3H3. The molecule has 152 valence electrons. The van der Waals surface area contributed by atoms with Gasteiger partial charge in [-0.3, -0.25) is 4.90 Å². The number of aromatic amines is 1. The van der Waals surface area contributed by atoms with Crippen molar-refractivity contribution in [3.05, 3.63) is 65.9 Å². The highest BCUT2D eigenvalue weighted by atomic mass is 16.6. The molecule has 1 N–H and O–H groups in total. The molecule has 2 aromatic carbocycles. The number of carbonyl (C=O) groups is 1. The number of fused-ring (bicyclic) bond motifs is 1. The van der Waals surface area contributed by atoms with Gasteiger partial charge in [-0.25, -0.2) is 4.79 Å². The molecule has 5 nitrogen and oxygen atoms in total. The molecule has 1 aliphatic rings. The second-order valence-electron chi connectivity index (χ2n) is 8.68. The third kappa shape index (κ3) is 4.62. The van der Waals surface area contributed by atoms with Gasteiger partial charge in [0.25, 0.3) is 0 Å². The van der Waals surface area contributed by atoms with Crippen molar-refractivity contribution in [3.63, 3.8) is 0 Å². The summed E-state index contributed by atoms with van der Waals surface area (Å²) in [5, 5.41) is 1.29. The van der Waals surface area contributed by atoms with E-state index in [-0.39, 0.29) is 5.97 Å². The van der Waals surface area contributed by atoms with Crippen molar-refractivity contribution in [3.8, 4) is 0 Å². The van der Waals surface area contributed by atoms with Crippen LogP contribution in [0.3, 0.4) is 0 Å². The van der Waals surface area contributed by atoms with Gasteiger partial charge in [0.2, 0.25) is 0 Å². The molecule has 0 saturated carbocycles. The molecule has 2 heterocycles. The average Bonchev–Trinajstić information content (AvgIpc) is 3.17. The van der Waals surface area contributed by atoms with Crippen LogP contribution in [0.4, 0.5) is 5.69 Å². The van der Waals surface area contributed by atoms with Gasteiger partial charge in [-0.15, -0.1) is 0 Å². The maximum Gasteiger partial charge on any atom is 0.338 e. The predicted molar refractivity (Wildman–Crippen MR) is 117 cm³/mol. The van der Waals surface area contributed by atoms with Gasteiger partial charge in [0.15, 0.2) is 0 Å². The summed E-state index contributed by atoms with van der Waals surface area (Å²) in [7, 11) is 0. The van der Waals surface area contributed by atoms with Crippen LogP contribution in [0.15, 0.2) is 54.7 Å². The zero-order valence-electron chi connectivity index (χ0n) is 17.4. The van der Waals surface area contributed by atoms with E-state index in [2.05, 4.69) is 39.0 Å². The Bertz CT molecular complexity index is 977. The molecule has 0 atom stereocenters. The lowest BCUT2D eigenvalue weighted by molar-refractivity contribution is 0.00695. The van der Waals surface area contributed by atoms with Crippen molar-refractivity contribution in [1.82, 2.24) is 9.88 Å². The smallest absolute Gasteiger partial charge is 0.338 e. The Balaban J connectivity index is 1.34. The highest BCUT2D eigenvalue weighted by Gasteiger charge is 2.20. The van der Waals surface area contributed by atoms with Crippen LogP contribution in [0.25, 0.3) is 10.9 Å². The number of aromatic nitrogens is 1. The van der Waals surface area contributed by atoms with Crippen molar-refractivity contribution in [1.29, 1.82) is 0 Å². The SMILES string of the molecule is CC(C)(C)OC(=O)c1ccc(CN2CCN(c3cccc4[nH]ccc34)CC2)cc1. The number of rotatable bonds is 4. The maximum absolute atomic E-state index is 12.2. The van der Waals surface area contributed by atoms with E-state index in [4.69, 9.17) is 4.74 Å². The van der Waals surface area contributed by atoms with Gasteiger partial charge in [0.1, 0.15) is 5.60 Å². The number of carbonyl (C=O) groups excluding carboxylic acids is 1. The lowest BCUT2D eigenvalue weighted by Gasteiger charge is -2.36. The summed E-state index contributed by atoms with van der Waals surface area (Å²) in [6.45, 7) is 10.6. The average molecular weight is 392 g/mol. The highest BCUT2D eigenvalue weighted by molar-refractivity contribution is 5.92. The third-order valence-corrected chi connectivity index (χ3v) is 5.28. The molecule has 0 bridgehead atoms. The number of benzene rings is 2. The van der Waals surface area contributed by atoms with E-state index < -0.39 is 5.60 Å². The number of piperazine rings is 1. The van der Waals surface area contributed by atoms with Gasteiger partial charge in [-0.05, 0) is 56.7 Å². The number of nitrogens with one attached hydrogen (secondary N) is 1. The molecule has 0 radical (unpaired) electrons. The number of nitrogens with zero attached hydrogens (tertiary/aromatic N) is 2. The van der Waals surface area contributed by atoms with Gasteiger partial charge in [-0.2, -0.15) is 0 Å². The van der Waals surface area contributed by atoms with Crippen molar-refractivity contribution >= 4 is 22.6 Å². The molecule has 1 fully saturated rings. The molecule has 1 aliphatic heterocycles. The summed E-state index contributed by atoms with van der Waals surface area (Å²) >= 11 is 0. The Labute approximate surface area is 172 Å². The Morgan fingerprint density at radius 3 is 2.41 bits per heavy atom. The lowest BCUT2D eigenvalue weighted by atomic mass is 10.1. The number of esters is 1. The molecule has 4 rings (SSSR count). The fourth-order valence-electron chi connectivity index (χ4n) is 3.83.